The fourth-order valence-corrected chi connectivity index (χ4v) is 1.76. The first-order chi connectivity index (χ1) is 7.29. The van der Waals surface area contributed by atoms with Gasteiger partial charge >= 0.3 is 6.18 Å². The lowest BCUT2D eigenvalue weighted by atomic mass is 10.1. The monoisotopic (exact) mass is 351 g/mol. The van der Waals surface area contributed by atoms with Gasteiger partial charge in [0.05, 0.1) is 11.1 Å². The SMILES string of the molecule is O=Cc1c(C(F)(F)F)ncc(C(F)F)c1I. The van der Waals surface area contributed by atoms with Crippen LogP contribution < -0.4 is 0 Å². The van der Waals surface area contributed by atoms with Crippen molar-refractivity contribution in [3.05, 3.63) is 26.6 Å². The zero-order valence-corrected chi connectivity index (χ0v) is 9.51. The molecule has 0 aliphatic rings. The van der Waals surface area contributed by atoms with E-state index in [2.05, 4.69) is 4.98 Å². The van der Waals surface area contributed by atoms with Crippen molar-refractivity contribution >= 4 is 28.9 Å². The van der Waals surface area contributed by atoms with Crippen molar-refractivity contribution < 1.29 is 26.7 Å². The van der Waals surface area contributed by atoms with Gasteiger partial charge in [-0.25, -0.2) is 8.78 Å². The fourth-order valence-electron chi connectivity index (χ4n) is 1.01. The van der Waals surface area contributed by atoms with Gasteiger partial charge < -0.3 is 0 Å². The van der Waals surface area contributed by atoms with Crippen molar-refractivity contribution in [1.29, 1.82) is 0 Å². The van der Waals surface area contributed by atoms with Crippen LogP contribution in [0.15, 0.2) is 6.20 Å². The first-order valence-corrected chi connectivity index (χ1v) is 4.85. The van der Waals surface area contributed by atoms with Crippen molar-refractivity contribution in [2.24, 2.45) is 0 Å². The Balaban J connectivity index is 3.47. The highest BCUT2D eigenvalue weighted by molar-refractivity contribution is 14.1. The number of aldehydes is 1. The highest BCUT2D eigenvalue weighted by atomic mass is 127. The molecule has 1 heterocycles. The molecule has 0 aromatic carbocycles. The molecule has 0 saturated heterocycles. The highest BCUT2D eigenvalue weighted by Gasteiger charge is 2.37. The minimum Gasteiger partial charge on any atom is -0.298 e. The number of pyridine rings is 1. The lowest BCUT2D eigenvalue weighted by Crippen LogP contribution is -2.14. The van der Waals surface area contributed by atoms with E-state index in [9.17, 15) is 26.7 Å². The molecule has 0 spiro atoms. The van der Waals surface area contributed by atoms with E-state index in [1.54, 1.807) is 0 Å². The van der Waals surface area contributed by atoms with Gasteiger partial charge in [0.25, 0.3) is 6.43 Å². The van der Waals surface area contributed by atoms with Crippen LogP contribution in [0, 0.1) is 3.57 Å². The maximum Gasteiger partial charge on any atom is 0.434 e. The van der Waals surface area contributed by atoms with Gasteiger partial charge in [-0.2, -0.15) is 13.2 Å². The van der Waals surface area contributed by atoms with Crippen molar-refractivity contribution in [3.8, 4) is 0 Å². The third-order valence-corrected chi connectivity index (χ3v) is 2.90. The van der Waals surface area contributed by atoms with E-state index in [0.29, 0.717) is 6.20 Å². The number of carbonyl (C=O) groups excluding carboxylic acids is 1. The molecule has 0 N–H and O–H groups in total. The fraction of sp³-hybridized carbons (Fsp3) is 0.250. The molecular weight excluding hydrogens is 348 g/mol. The van der Waals surface area contributed by atoms with Crippen molar-refractivity contribution in [1.82, 2.24) is 4.98 Å². The Labute approximate surface area is 100.0 Å². The number of alkyl halides is 5. The number of halogens is 6. The zero-order chi connectivity index (χ0) is 12.5. The summed E-state index contributed by atoms with van der Waals surface area (Å²) in [5.74, 6) is 0. The second-order valence-corrected chi connectivity index (χ2v) is 3.78. The van der Waals surface area contributed by atoms with Crippen LogP contribution in [0.5, 0.6) is 0 Å². The largest absolute Gasteiger partial charge is 0.434 e. The number of hydrogen-bond donors (Lipinski definition) is 0. The van der Waals surface area contributed by atoms with Gasteiger partial charge in [0.1, 0.15) is 0 Å². The Bertz CT molecular complexity index is 418. The molecule has 0 amide bonds. The summed E-state index contributed by atoms with van der Waals surface area (Å²) in [6.07, 6.45) is -7.50. The third-order valence-electron chi connectivity index (χ3n) is 1.70. The van der Waals surface area contributed by atoms with E-state index >= 15 is 0 Å². The van der Waals surface area contributed by atoms with E-state index in [-0.39, 0.29) is 6.29 Å². The van der Waals surface area contributed by atoms with Crippen LogP contribution in [-0.4, -0.2) is 11.3 Å². The average Bonchev–Trinajstić information content (AvgIpc) is 2.15. The summed E-state index contributed by atoms with van der Waals surface area (Å²) in [4.78, 5) is 13.3. The van der Waals surface area contributed by atoms with E-state index in [1.807, 2.05) is 0 Å². The number of carbonyl (C=O) groups is 1. The number of hydrogen-bond acceptors (Lipinski definition) is 2. The van der Waals surface area contributed by atoms with Gasteiger partial charge in [0, 0.05) is 9.77 Å². The number of aromatic nitrogens is 1. The third kappa shape index (κ3) is 2.47. The Morgan fingerprint density at radius 2 is 1.94 bits per heavy atom. The van der Waals surface area contributed by atoms with E-state index in [0.717, 1.165) is 0 Å². The lowest BCUT2D eigenvalue weighted by Gasteiger charge is -2.12. The van der Waals surface area contributed by atoms with Crippen LogP contribution in [-0.2, 0) is 6.18 Å². The molecule has 0 aliphatic heterocycles. The predicted octanol–water partition coefficient (Wildman–Crippen LogP) is 3.46. The first kappa shape index (κ1) is 13.3. The summed E-state index contributed by atoms with van der Waals surface area (Å²) in [7, 11) is 0. The van der Waals surface area contributed by atoms with Crippen molar-refractivity contribution in [2.75, 3.05) is 0 Å². The molecular formula is C8H3F5INO. The summed E-state index contributed by atoms with van der Waals surface area (Å²) < 4.78 is 61.2. The molecule has 16 heavy (non-hydrogen) atoms. The van der Waals surface area contributed by atoms with E-state index in [1.165, 1.54) is 22.6 Å². The molecule has 1 aromatic rings. The van der Waals surface area contributed by atoms with Gasteiger partial charge in [0.2, 0.25) is 0 Å². The summed E-state index contributed by atoms with van der Waals surface area (Å²) >= 11 is 1.27. The summed E-state index contributed by atoms with van der Waals surface area (Å²) in [6, 6.07) is 0. The molecule has 0 atom stereocenters. The lowest BCUT2D eigenvalue weighted by molar-refractivity contribution is -0.141. The molecule has 0 saturated carbocycles. The normalized spacial score (nSPS) is 11.9. The van der Waals surface area contributed by atoms with Crippen LogP contribution >= 0.6 is 22.6 Å². The Morgan fingerprint density at radius 1 is 1.38 bits per heavy atom. The first-order valence-electron chi connectivity index (χ1n) is 3.78. The van der Waals surface area contributed by atoms with Gasteiger partial charge in [-0.15, -0.1) is 0 Å². The second kappa shape index (κ2) is 4.60. The van der Waals surface area contributed by atoms with Crippen molar-refractivity contribution in [3.63, 3.8) is 0 Å². The van der Waals surface area contributed by atoms with Gasteiger partial charge in [-0.05, 0) is 22.6 Å². The Morgan fingerprint density at radius 3 is 2.31 bits per heavy atom. The van der Waals surface area contributed by atoms with Gasteiger partial charge in [-0.3, -0.25) is 9.78 Å². The molecule has 0 fully saturated rings. The topological polar surface area (TPSA) is 30.0 Å². The standard InChI is InChI=1S/C8H3F5INO/c9-7(10)3-1-15-6(8(11,12)13)4(2-16)5(3)14/h1-2,7H. The van der Waals surface area contributed by atoms with Crippen LogP contribution in [0.25, 0.3) is 0 Å². The zero-order valence-electron chi connectivity index (χ0n) is 7.36. The summed E-state index contributed by atoms with van der Waals surface area (Å²) in [6.45, 7) is 0. The number of rotatable bonds is 2. The van der Waals surface area contributed by atoms with Crippen molar-refractivity contribution in [2.45, 2.75) is 12.6 Å². The second-order valence-electron chi connectivity index (χ2n) is 2.71. The molecule has 8 heteroatoms. The predicted molar refractivity (Wildman–Crippen MR) is 52.3 cm³/mol. The van der Waals surface area contributed by atoms with Crippen LogP contribution in [0.1, 0.15) is 28.0 Å². The van der Waals surface area contributed by atoms with Gasteiger partial charge in [-0.1, -0.05) is 0 Å². The smallest absolute Gasteiger partial charge is 0.298 e. The molecule has 0 aliphatic carbocycles. The molecule has 0 radical (unpaired) electrons. The van der Waals surface area contributed by atoms with Crippen LogP contribution in [0.3, 0.4) is 0 Å². The number of nitrogens with zero attached hydrogens (tertiary/aromatic N) is 1. The molecule has 88 valence electrons. The maximum atomic E-state index is 12.3. The van der Waals surface area contributed by atoms with E-state index < -0.39 is 33.0 Å². The Kier molecular flexibility index (Phi) is 3.81. The quantitative estimate of drug-likeness (QED) is 0.464. The van der Waals surface area contributed by atoms with Gasteiger partial charge in [0.15, 0.2) is 12.0 Å². The molecule has 1 rings (SSSR count). The van der Waals surface area contributed by atoms with Crippen LogP contribution in [0.2, 0.25) is 0 Å². The minimum absolute atomic E-state index is 0.122. The van der Waals surface area contributed by atoms with E-state index in [4.69, 9.17) is 0 Å². The molecule has 1 aromatic heterocycles. The average molecular weight is 351 g/mol. The summed E-state index contributed by atoms with van der Waals surface area (Å²) in [5, 5.41) is 0. The molecule has 0 unspecified atom stereocenters. The summed E-state index contributed by atoms with van der Waals surface area (Å²) in [5.41, 5.74) is -2.99. The molecule has 2 nitrogen and oxygen atoms in total. The highest BCUT2D eigenvalue weighted by Crippen LogP contribution is 2.34. The van der Waals surface area contributed by atoms with Crippen LogP contribution in [0.4, 0.5) is 22.0 Å². The minimum atomic E-state index is -4.84. The molecule has 0 bridgehead atoms. The maximum absolute atomic E-state index is 12.3. The Hall–Kier alpha value is -0.800.